The number of ether oxygens (including phenoxy) is 3. The standard InChI is InChI=1S/C21H35N3O7/c1-4-13-15(25)14(22-3)17-18(16(13)26)30-19-21(28,31-17)20(27,8-11(2)29-19)7-5-6-12-9-23-10-24-12/h9-11,13-19,22,25-28H,4-8H2,1-3H3,(H,23,24)/t11-,13-,14+,15+,16+,17-,18-,19+,20+,21-/m1/s1. The quantitative estimate of drug-likeness (QED) is 0.341. The molecule has 0 radical (unpaired) electrons. The van der Waals surface area contributed by atoms with Gasteiger partial charge < -0.3 is 44.9 Å². The molecule has 3 heterocycles. The van der Waals surface area contributed by atoms with Crippen molar-refractivity contribution in [2.45, 2.75) is 100 Å². The van der Waals surface area contributed by atoms with Gasteiger partial charge in [0, 0.05) is 24.2 Å². The van der Waals surface area contributed by atoms with Crippen molar-refractivity contribution < 1.29 is 34.6 Å². The topological polar surface area (TPSA) is 149 Å². The van der Waals surface area contributed by atoms with E-state index < -0.39 is 54.1 Å². The number of aryl methyl sites for hydroxylation is 1. The van der Waals surface area contributed by atoms with E-state index in [2.05, 4.69) is 15.3 Å². The van der Waals surface area contributed by atoms with Gasteiger partial charge in [-0.3, -0.25) is 0 Å². The van der Waals surface area contributed by atoms with Crippen LogP contribution in [-0.4, -0.2) is 91.7 Å². The van der Waals surface area contributed by atoms with Crippen LogP contribution in [0.5, 0.6) is 0 Å². The molecule has 1 saturated carbocycles. The molecule has 0 spiro atoms. The highest BCUT2D eigenvalue weighted by molar-refractivity contribution is 5.10. The maximum Gasteiger partial charge on any atom is 0.248 e. The van der Waals surface area contributed by atoms with Crippen LogP contribution in [0.1, 0.15) is 45.2 Å². The molecule has 2 aliphatic heterocycles. The third kappa shape index (κ3) is 3.83. The number of likely N-dealkylation sites (N-methyl/N-ethyl adjacent to an activating group) is 1. The molecule has 10 nitrogen and oxygen atoms in total. The molecule has 1 aromatic heterocycles. The minimum atomic E-state index is -2.14. The van der Waals surface area contributed by atoms with Crippen molar-refractivity contribution in [3.63, 3.8) is 0 Å². The van der Waals surface area contributed by atoms with Crippen LogP contribution in [0.25, 0.3) is 0 Å². The Morgan fingerprint density at radius 3 is 2.65 bits per heavy atom. The SMILES string of the molecule is CC[C@@H]1[C@H](O)[C@H](NC)[C@H]2O[C@]3(O)[C@H](O[C@@H]2[C@H]1O)O[C@H](C)C[C@@]3(O)CCCc1cnc[nH]1. The summed E-state index contributed by atoms with van der Waals surface area (Å²) < 4.78 is 18.0. The minimum absolute atomic E-state index is 0.163. The first kappa shape index (κ1) is 23.1. The Hall–Kier alpha value is -1.11. The van der Waals surface area contributed by atoms with Gasteiger partial charge in [-0.15, -0.1) is 0 Å². The number of rotatable bonds is 6. The van der Waals surface area contributed by atoms with Gasteiger partial charge in [-0.1, -0.05) is 6.92 Å². The van der Waals surface area contributed by atoms with Crippen molar-refractivity contribution in [2.24, 2.45) is 5.92 Å². The minimum Gasteiger partial charge on any atom is -0.391 e. The number of aliphatic hydroxyl groups excluding tert-OH is 2. The molecule has 176 valence electrons. The highest BCUT2D eigenvalue weighted by Gasteiger charge is 2.68. The average molecular weight is 442 g/mol. The van der Waals surface area contributed by atoms with Gasteiger partial charge >= 0.3 is 0 Å². The largest absolute Gasteiger partial charge is 0.391 e. The van der Waals surface area contributed by atoms with Crippen LogP contribution in [0.15, 0.2) is 12.5 Å². The monoisotopic (exact) mass is 441 g/mol. The van der Waals surface area contributed by atoms with Crippen LogP contribution in [0.4, 0.5) is 0 Å². The van der Waals surface area contributed by atoms with E-state index in [4.69, 9.17) is 14.2 Å². The fraction of sp³-hybridized carbons (Fsp3) is 0.857. The van der Waals surface area contributed by atoms with Crippen molar-refractivity contribution in [3.05, 3.63) is 18.2 Å². The Kier molecular flexibility index (Phi) is 6.46. The van der Waals surface area contributed by atoms with Crippen LogP contribution in [-0.2, 0) is 20.6 Å². The Bertz CT molecular complexity index is 737. The number of fused-ring (bicyclic) bond motifs is 2. The Labute approximate surface area is 181 Å². The van der Waals surface area contributed by atoms with E-state index >= 15 is 0 Å². The second kappa shape index (κ2) is 8.68. The molecule has 3 fully saturated rings. The third-order valence-electron chi connectivity index (χ3n) is 7.22. The fourth-order valence-electron chi connectivity index (χ4n) is 5.53. The molecular weight excluding hydrogens is 406 g/mol. The van der Waals surface area contributed by atoms with E-state index in [0.717, 1.165) is 5.69 Å². The molecule has 10 atom stereocenters. The number of hydrogen-bond acceptors (Lipinski definition) is 9. The number of H-pyrrole nitrogens is 1. The van der Waals surface area contributed by atoms with E-state index in [0.29, 0.717) is 19.3 Å². The number of aromatic amines is 1. The average Bonchev–Trinajstić information content (AvgIpc) is 3.22. The highest BCUT2D eigenvalue weighted by atomic mass is 16.8. The van der Waals surface area contributed by atoms with Crippen molar-refractivity contribution in [1.82, 2.24) is 15.3 Å². The molecule has 6 N–H and O–H groups in total. The lowest BCUT2D eigenvalue weighted by molar-refractivity contribution is -0.485. The molecule has 10 heteroatoms. The predicted molar refractivity (Wildman–Crippen MR) is 109 cm³/mol. The van der Waals surface area contributed by atoms with Crippen molar-refractivity contribution in [2.75, 3.05) is 7.05 Å². The predicted octanol–water partition coefficient (Wildman–Crippen LogP) is -0.579. The van der Waals surface area contributed by atoms with Crippen LogP contribution in [0, 0.1) is 5.92 Å². The number of aliphatic hydroxyl groups is 4. The summed E-state index contributed by atoms with van der Waals surface area (Å²) in [5, 5.41) is 47.9. The van der Waals surface area contributed by atoms with E-state index in [1.165, 1.54) is 0 Å². The van der Waals surface area contributed by atoms with Gasteiger partial charge in [0.1, 0.15) is 17.8 Å². The molecule has 4 rings (SSSR count). The molecular formula is C21H35N3O7. The van der Waals surface area contributed by atoms with Gasteiger partial charge in [0.05, 0.1) is 30.7 Å². The van der Waals surface area contributed by atoms with Crippen molar-refractivity contribution >= 4 is 0 Å². The van der Waals surface area contributed by atoms with E-state index in [1.807, 2.05) is 6.92 Å². The van der Waals surface area contributed by atoms with Gasteiger partial charge in [0.2, 0.25) is 12.1 Å². The van der Waals surface area contributed by atoms with Gasteiger partial charge in [0.15, 0.2) is 0 Å². The number of nitrogens with zero attached hydrogens (tertiary/aromatic N) is 1. The summed E-state index contributed by atoms with van der Waals surface area (Å²) >= 11 is 0. The number of aromatic nitrogens is 2. The van der Waals surface area contributed by atoms with Crippen LogP contribution in [0.2, 0.25) is 0 Å². The molecule has 1 aliphatic carbocycles. The lowest BCUT2D eigenvalue weighted by Gasteiger charge is -2.60. The zero-order valence-electron chi connectivity index (χ0n) is 18.3. The first-order valence-corrected chi connectivity index (χ1v) is 11.2. The summed E-state index contributed by atoms with van der Waals surface area (Å²) in [5.74, 6) is -2.55. The summed E-state index contributed by atoms with van der Waals surface area (Å²) in [5.41, 5.74) is -0.691. The summed E-state index contributed by atoms with van der Waals surface area (Å²) in [6, 6.07) is -0.586. The Balaban J connectivity index is 1.58. The van der Waals surface area contributed by atoms with E-state index in [9.17, 15) is 20.4 Å². The lowest BCUT2D eigenvalue weighted by atomic mass is 9.73. The summed E-state index contributed by atoms with van der Waals surface area (Å²) in [6.45, 7) is 3.70. The van der Waals surface area contributed by atoms with Gasteiger partial charge in [-0.2, -0.15) is 0 Å². The first-order chi connectivity index (χ1) is 14.7. The maximum absolute atomic E-state index is 11.6. The normalized spacial score (nSPS) is 47.6. The van der Waals surface area contributed by atoms with E-state index in [-0.39, 0.29) is 18.9 Å². The molecule has 0 unspecified atom stereocenters. The molecule has 0 amide bonds. The summed E-state index contributed by atoms with van der Waals surface area (Å²) in [7, 11) is 1.69. The second-order valence-electron chi connectivity index (χ2n) is 9.19. The number of imidazole rings is 1. The molecule has 3 aliphatic rings. The van der Waals surface area contributed by atoms with Gasteiger partial charge in [0.25, 0.3) is 0 Å². The van der Waals surface area contributed by atoms with Crippen LogP contribution in [0.3, 0.4) is 0 Å². The van der Waals surface area contributed by atoms with Gasteiger partial charge in [-0.05, 0) is 39.7 Å². The molecule has 0 bridgehead atoms. The van der Waals surface area contributed by atoms with Crippen molar-refractivity contribution in [1.29, 1.82) is 0 Å². The molecule has 2 saturated heterocycles. The number of hydrogen-bond donors (Lipinski definition) is 6. The van der Waals surface area contributed by atoms with Crippen molar-refractivity contribution in [3.8, 4) is 0 Å². The zero-order chi connectivity index (χ0) is 22.4. The maximum atomic E-state index is 11.6. The number of nitrogens with one attached hydrogen (secondary N) is 2. The molecule has 0 aromatic carbocycles. The summed E-state index contributed by atoms with van der Waals surface area (Å²) in [6.07, 6.45) is 0.330. The fourth-order valence-corrected chi connectivity index (χ4v) is 5.53. The third-order valence-corrected chi connectivity index (χ3v) is 7.22. The molecule has 31 heavy (non-hydrogen) atoms. The first-order valence-electron chi connectivity index (χ1n) is 11.2. The molecule has 1 aromatic rings. The Morgan fingerprint density at radius 1 is 1.23 bits per heavy atom. The van der Waals surface area contributed by atoms with Crippen LogP contribution < -0.4 is 5.32 Å². The van der Waals surface area contributed by atoms with Crippen LogP contribution >= 0.6 is 0 Å². The van der Waals surface area contributed by atoms with Gasteiger partial charge in [-0.25, -0.2) is 4.98 Å². The highest BCUT2D eigenvalue weighted by Crippen LogP contribution is 2.49. The zero-order valence-corrected chi connectivity index (χ0v) is 18.3. The smallest absolute Gasteiger partial charge is 0.248 e. The Morgan fingerprint density at radius 2 is 2.00 bits per heavy atom. The second-order valence-corrected chi connectivity index (χ2v) is 9.19. The lowest BCUT2D eigenvalue weighted by Crippen LogP contribution is -2.78. The summed E-state index contributed by atoms with van der Waals surface area (Å²) in [4.78, 5) is 7.03. The van der Waals surface area contributed by atoms with E-state index in [1.54, 1.807) is 26.5 Å².